The molecule has 1 aliphatic heterocycles. The van der Waals surface area contributed by atoms with E-state index in [1.165, 1.54) is 6.33 Å². The summed E-state index contributed by atoms with van der Waals surface area (Å²) in [6.07, 6.45) is 4.62. The summed E-state index contributed by atoms with van der Waals surface area (Å²) in [5.41, 5.74) is 0.597. The van der Waals surface area contributed by atoms with Gasteiger partial charge in [0.2, 0.25) is 0 Å². The van der Waals surface area contributed by atoms with Crippen LogP contribution in [0.2, 0.25) is 0 Å². The van der Waals surface area contributed by atoms with Crippen molar-refractivity contribution in [1.82, 2.24) is 30.0 Å². The van der Waals surface area contributed by atoms with Crippen molar-refractivity contribution in [1.29, 1.82) is 0 Å². The maximum Gasteiger partial charge on any atom is 0.255 e. The van der Waals surface area contributed by atoms with E-state index in [9.17, 15) is 4.79 Å². The lowest BCUT2D eigenvalue weighted by atomic mass is 10.1. The summed E-state index contributed by atoms with van der Waals surface area (Å²) in [6.45, 7) is 5.69. The molecule has 2 unspecified atom stereocenters. The molecular weight excluding hydrogens is 339 g/mol. The van der Waals surface area contributed by atoms with Gasteiger partial charge in [0.15, 0.2) is 5.82 Å². The van der Waals surface area contributed by atoms with Crippen LogP contribution in [0, 0.1) is 0 Å². The van der Waals surface area contributed by atoms with Gasteiger partial charge in [-0.2, -0.15) is 5.10 Å². The largest absolute Gasteiger partial charge is 0.333 e. The molecular formula is C14H20Cl2N6O. The molecule has 0 bridgehead atoms. The zero-order chi connectivity index (χ0) is 14.8. The van der Waals surface area contributed by atoms with Crippen molar-refractivity contribution >= 4 is 30.7 Å². The third-order valence-electron chi connectivity index (χ3n) is 3.94. The number of hydrogen-bond acceptors (Lipinski definition) is 5. The van der Waals surface area contributed by atoms with E-state index in [-0.39, 0.29) is 36.8 Å². The molecule has 0 saturated carbocycles. The van der Waals surface area contributed by atoms with Crippen molar-refractivity contribution in [3.8, 4) is 5.82 Å². The van der Waals surface area contributed by atoms with Crippen LogP contribution in [0.1, 0.15) is 24.2 Å². The Labute approximate surface area is 147 Å². The summed E-state index contributed by atoms with van der Waals surface area (Å²) in [7, 11) is 0. The standard InChI is InChI=1S/C14H18N6O.2ClH/c1-10-11(2)19(6-5-16-10)14(21)12-3-4-13(17-7-12)20-9-15-8-18-20;;/h3-4,7-11,16H,5-6H2,1-2H3;2*1H. The number of pyridine rings is 1. The quantitative estimate of drug-likeness (QED) is 0.876. The molecule has 23 heavy (non-hydrogen) atoms. The second-order valence-electron chi connectivity index (χ2n) is 5.23. The van der Waals surface area contributed by atoms with Crippen molar-refractivity contribution in [2.24, 2.45) is 0 Å². The summed E-state index contributed by atoms with van der Waals surface area (Å²) in [6, 6.07) is 4.02. The number of amides is 1. The van der Waals surface area contributed by atoms with Crippen molar-refractivity contribution in [2.45, 2.75) is 25.9 Å². The van der Waals surface area contributed by atoms with E-state index in [0.717, 1.165) is 13.1 Å². The SMILES string of the molecule is CC1NCCN(C(=O)c2ccc(-n3cncn3)nc2)C1C.Cl.Cl. The fourth-order valence-electron chi connectivity index (χ4n) is 2.48. The van der Waals surface area contributed by atoms with E-state index < -0.39 is 0 Å². The maximum atomic E-state index is 12.6. The Morgan fingerprint density at radius 3 is 2.70 bits per heavy atom. The molecule has 2 atom stereocenters. The van der Waals surface area contributed by atoms with Crippen LogP contribution in [0.15, 0.2) is 31.0 Å². The summed E-state index contributed by atoms with van der Waals surface area (Å²) in [5, 5.41) is 7.38. The third kappa shape index (κ3) is 3.99. The Bertz CT molecular complexity index is 619. The predicted octanol–water partition coefficient (Wildman–Crippen LogP) is 1.33. The number of halogens is 2. The fraction of sp³-hybridized carbons (Fsp3) is 0.429. The number of nitrogens with one attached hydrogen (secondary N) is 1. The van der Waals surface area contributed by atoms with E-state index in [1.54, 1.807) is 29.3 Å². The van der Waals surface area contributed by atoms with Crippen LogP contribution in [0.4, 0.5) is 0 Å². The number of aromatic nitrogens is 4. The van der Waals surface area contributed by atoms with Crippen molar-refractivity contribution < 1.29 is 4.79 Å². The molecule has 0 radical (unpaired) electrons. The number of hydrogen-bond donors (Lipinski definition) is 1. The molecule has 3 rings (SSSR count). The molecule has 7 nitrogen and oxygen atoms in total. The molecule has 0 spiro atoms. The minimum Gasteiger partial charge on any atom is -0.333 e. The second kappa shape index (κ2) is 8.24. The van der Waals surface area contributed by atoms with Gasteiger partial charge < -0.3 is 10.2 Å². The molecule has 126 valence electrons. The Morgan fingerprint density at radius 1 is 1.30 bits per heavy atom. The summed E-state index contributed by atoms with van der Waals surface area (Å²) in [5.74, 6) is 0.666. The number of piperazine rings is 1. The number of carbonyl (C=O) groups is 1. The molecule has 9 heteroatoms. The first kappa shape index (κ1) is 19.3. The Hall–Kier alpha value is -1.70. The third-order valence-corrected chi connectivity index (χ3v) is 3.94. The zero-order valence-electron chi connectivity index (χ0n) is 12.9. The molecule has 1 amide bonds. The van der Waals surface area contributed by atoms with Crippen LogP contribution in [0.5, 0.6) is 0 Å². The summed E-state index contributed by atoms with van der Waals surface area (Å²) in [4.78, 5) is 22.6. The number of nitrogens with zero attached hydrogens (tertiary/aromatic N) is 5. The molecule has 2 aromatic heterocycles. The van der Waals surface area contributed by atoms with Crippen LogP contribution in [0.3, 0.4) is 0 Å². The van der Waals surface area contributed by atoms with Gasteiger partial charge in [0.1, 0.15) is 12.7 Å². The van der Waals surface area contributed by atoms with E-state index >= 15 is 0 Å². The van der Waals surface area contributed by atoms with Crippen molar-refractivity contribution in [3.63, 3.8) is 0 Å². The van der Waals surface area contributed by atoms with Crippen LogP contribution in [0.25, 0.3) is 5.82 Å². The molecule has 3 heterocycles. The normalized spacial score (nSPS) is 20.3. The van der Waals surface area contributed by atoms with Gasteiger partial charge in [0.25, 0.3) is 5.91 Å². The van der Waals surface area contributed by atoms with Gasteiger partial charge >= 0.3 is 0 Å². The second-order valence-corrected chi connectivity index (χ2v) is 5.23. The first-order chi connectivity index (χ1) is 10.2. The van der Waals surface area contributed by atoms with E-state index in [4.69, 9.17) is 0 Å². The minimum atomic E-state index is 0. The predicted molar refractivity (Wildman–Crippen MR) is 91.6 cm³/mol. The Balaban J connectivity index is 0.00000132. The smallest absolute Gasteiger partial charge is 0.255 e. The monoisotopic (exact) mass is 358 g/mol. The van der Waals surface area contributed by atoms with Crippen molar-refractivity contribution in [2.75, 3.05) is 13.1 Å². The lowest BCUT2D eigenvalue weighted by Crippen LogP contribution is -2.57. The molecule has 0 aromatic carbocycles. The maximum absolute atomic E-state index is 12.6. The summed E-state index contributed by atoms with van der Waals surface area (Å²) < 4.78 is 1.56. The Kier molecular flexibility index (Phi) is 6.93. The number of carbonyl (C=O) groups excluding carboxylic acids is 1. The highest BCUT2D eigenvalue weighted by molar-refractivity contribution is 5.94. The Morgan fingerprint density at radius 2 is 2.09 bits per heavy atom. The topological polar surface area (TPSA) is 75.9 Å². The van der Waals surface area contributed by atoms with Crippen molar-refractivity contribution in [3.05, 3.63) is 36.5 Å². The molecule has 1 fully saturated rings. The van der Waals surface area contributed by atoms with E-state index in [1.807, 2.05) is 4.90 Å². The van der Waals surface area contributed by atoms with Gasteiger partial charge in [0.05, 0.1) is 5.56 Å². The fourth-order valence-corrected chi connectivity index (χ4v) is 2.48. The van der Waals surface area contributed by atoms with Gasteiger partial charge in [-0.3, -0.25) is 4.79 Å². The van der Waals surface area contributed by atoms with Gasteiger partial charge in [0, 0.05) is 31.4 Å². The molecule has 1 N–H and O–H groups in total. The van der Waals surface area contributed by atoms with Crippen LogP contribution in [-0.2, 0) is 0 Å². The number of rotatable bonds is 2. The average molecular weight is 359 g/mol. The minimum absolute atomic E-state index is 0. The van der Waals surface area contributed by atoms with E-state index in [0.29, 0.717) is 17.4 Å². The van der Waals surface area contributed by atoms with Crippen LogP contribution < -0.4 is 5.32 Å². The van der Waals surface area contributed by atoms with Gasteiger partial charge in [-0.1, -0.05) is 0 Å². The molecule has 1 aliphatic rings. The first-order valence-corrected chi connectivity index (χ1v) is 7.02. The summed E-state index contributed by atoms with van der Waals surface area (Å²) >= 11 is 0. The lowest BCUT2D eigenvalue weighted by Gasteiger charge is -2.38. The van der Waals surface area contributed by atoms with Crippen LogP contribution >= 0.6 is 24.8 Å². The highest BCUT2D eigenvalue weighted by Gasteiger charge is 2.28. The average Bonchev–Trinajstić information content (AvgIpc) is 3.04. The zero-order valence-corrected chi connectivity index (χ0v) is 14.5. The lowest BCUT2D eigenvalue weighted by molar-refractivity contribution is 0.0602. The van der Waals surface area contributed by atoms with Gasteiger partial charge in [-0.05, 0) is 26.0 Å². The highest BCUT2D eigenvalue weighted by Crippen LogP contribution is 2.14. The first-order valence-electron chi connectivity index (χ1n) is 7.02. The van der Waals surface area contributed by atoms with Crippen LogP contribution in [-0.4, -0.2) is 55.7 Å². The molecule has 1 saturated heterocycles. The molecule has 2 aromatic rings. The highest BCUT2D eigenvalue weighted by atomic mass is 35.5. The van der Waals surface area contributed by atoms with Gasteiger partial charge in [-0.25, -0.2) is 14.6 Å². The van der Waals surface area contributed by atoms with E-state index in [2.05, 4.69) is 34.2 Å². The van der Waals surface area contributed by atoms with Gasteiger partial charge in [-0.15, -0.1) is 24.8 Å². The molecule has 0 aliphatic carbocycles.